The Morgan fingerprint density at radius 3 is 2.61 bits per heavy atom. The van der Waals surface area contributed by atoms with Crippen LogP contribution in [0.3, 0.4) is 0 Å². The number of benzene rings is 2. The second-order valence-corrected chi connectivity index (χ2v) is 5.15. The molecule has 0 atom stereocenters. The highest BCUT2D eigenvalue weighted by Gasteiger charge is 2.04. The Balaban J connectivity index is 1.71. The van der Waals surface area contributed by atoms with Crippen molar-refractivity contribution in [1.29, 1.82) is 0 Å². The molecule has 0 spiro atoms. The van der Waals surface area contributed by atoms with Gasteiger partial charge in [-0.05, 0) is 43.4 Å². The molecule has 1 amide bonds. The first-order valence-corrected chi connectivity index (χ1v) is 7.24. The Morgan fingerprint density at radius 2 is 1.91 bits per heavy atom. The fourth-order valence-electron chi connectivity index (χ4n) is 1.67. The van der Waals surface area contributed by atoms with E-state index < -0.39 is 11.7 Å². The molecule has 5 nitrogen and oxygen atoms in total. The van der Waals surface area contributed by atoms with Crippen LogP contribution in [-0.4, -0.2) is 17.6 Å². The summed E-state index contributed by atoms with van der Waals surface area (Å²) in [7, 11) is 0. The van der Waals surface area contributed by atoms with Crippen LogP contribution < -0.4 is 20.9 Å². The van der Waals surface area contributed by atoms with Gasteiger partial charge in [-0.1, -0.05) is 23.8 Å². The monoisotopic (exact) mass is 333 g/mol. The topological polar surface area (TPSA) is 62.4 Å². The number of amides is 1. The van der Waals surface area contributed by atoms with E-state index >= 15 is 0 Å². The van der Waals surface area contributed by atoms with Crippen LogP contribution in [0.5, 0.6) is 5.75 Å². The van der Waals surface area contributed by atoms with Gasteiger partial charge in [-0.3, -0.25) is 15.6 Å². The van der Waals surface area contributed by atoms with Gasteiger partial charge in [0, 0.05) is 11.8 Å². The van der Waals surface area contributed by atoms with Crippen molar-refractivity contribution in [3.63, 3.8) is 0 Å². The average Bonchev–Trinajstić information content (AvgIpc) is 2.53. The molecule has 0 aromatic heterocycles. The van der Waals surface area contributed by atoms with Gasteiger partial charge in [0.1, 0.15) is 11.6 Å². The summed E-state index contributed by atoms with van der Waals surface area (Å²) in [4.78, 5) is 11.6. The van der Waals surface area contributed by atoms with Crippen LogP contribution in [0.15, 0.2) is 48.5 Å². The molecule has 0 saturated heterocycles. The molecule has 0 bridgehead atoms. The zero-order valence-corrected chi connectivity index (χ0v) is 13.2. The Hall–Kier alpha value is -2.67. The molecule has 0 heterocycles. The smallest absolute Gasteiger partial charge is 0.276 e. The van der Waals surface area contributed by atoms with Crippen LogP contribution >= 0.6 is 12.2 Å². The first kappa shape index (κ1) is 16.7. The van der Waals surface area contributed by atoms with Crippen LogP contribution in [0.1, 0.15) is 5.56 Å². The number of carbonyl (C=O) groups is 1. The summed E-state index contributed by atoms with van der Waals surface area (Å²) < 4.78 is 18.1. The number of hydrazine groups is 1. The maximum atomic E-state index is 13.0. The lowest BCUT2D eigenvalue weighted by atomic mass is 10.2. The molecule has 3 N–H and O–H groups in total. The van der Waals surface area contributed by atoms with Gasteiger partial charge in [0.15, 0.2) is 11.7 Å². The average molecular weight is 333 g/mol. The number of rotatable bonds is 4. The third-order valence-electron chi connectivity index (χ3n) is 2.79. The van der Waals surface area contributed by atoms with Crippen LogP contribution in [0.2, 0.25) is 0 Å². The minimum absolute atomic E-state index is 0.243. The summed E-state index contributed by atoms with van der Waals surface area (Å²) in [6.45, 7) is 1.72. The predicted octanol–water partition coefficient (Wildman–Crippen LogP) is 2.53. The van der Waals surface area contributed by atoms with Gasteiger partial charge in [0.25, 0.3) is 5.91 Å². The minimum atomic E-state index is -0.442. The summed E-state index contributed by atoms with van der Waals surface area (Å²) in [5.41, 5.74) is 6.89. The van der Waals surface area contributed by atoms with E-state index in [4.69, 9.17) is 17.0 Å². The van der Waals surface area contributed by atoms with Gasteiger partial charge in [-0.2, -0.15) is 0 Å². The maximum absolute atomic E-state index is 13.0. The van der Waals surface area contributed by atoms with Crippen molar-refractivity contribution in [3.05, 3.63) is 59.9 Å². The molecule has 2 aromatic rings. The van der Waals surface area contributed by atoms with E-state index in [1.165, 1.54) is 18.2 Å². The van der Waals surface area contributed by atoms with Crippen molar-refractivity contribution in [2.75, 3.05) is 11.9 Å². The van der Waals surface area contributed by atoms with Gasteiger partial charge < -0.3 is 10.1 Å². The lowest BCUT2D eigenvalue weighted by Gasteiger charge is -2.12. The van der Waals surface area contributed by atoms with Crippen molar-refractivity contribution in [3.8, 4) is 5.75 Å². The fourth-order valence-corrected chi connectivity index (χ4v) is 1.84. The molecule has 0 aliphatic rings. The number of halogens is 1. The summed E-state index contributed by atoms with van der Waals surface area (Å²) >= 11 is 5.05. The molecule has 0 radical (unpaired) electrons. The minimum Gasteiger partial charge on any atom is -0.484 e. The van der Waals surface area contributed by atoms with E-state index in [1.54, 1.807) is 6.07 Å². The number of thiocarbonyl (C=S) groups is 1. The van der Waals surface area contributed by atoms with Gasteiger partial charge in [0.05, 0.1) is 0 Å². The highest BCUT2D eigenvalue weighted by Crippen LogP contribution is 2.11. The van der Waals surface area contributed by atoms with Gasteiger partial charge in [0.2, 0.25) is 0 Å². The van der Waals surface area contributed by atoms with Gasteiger partial charge in [-0.25, -0.2) is 4.39 Å². The Morgan fingerprint density at radius 1 is 1.17 bits per heavy atom. The summed E-state index contributed by atoms with van der Waals surface area (Å²) in [5.74, 6) is -0.590. The molecule has 0 fully saturated rings. The van der Waals surface area contributed by atoms with Crippen LogP contribution in [0, 0.1) is 12.7 Å². The van der Waals surface area contributed by atoms with Crippen LogP contribution in [-0.2, 0) is 4.79 Å². The molecule has 2 rings (SSSR count). The second kappa shape index (κ2) is 8.09. The molecular formula is C16H16FN3O2S. The number of anilines is 1. The quantitative estimate of drug-likeness (QED) is 0.593. The third-order valence-corrected chi connectivity index (χ3v) is 3.00. The normalized spacial score (nSPS) is 9.83. The van der Waals surface area contributed by atoms with Crippen molar-refractivity contribution in [2.24, 2.45) is 0 Å². The van der Waals surface area contributed by atoms with Gasteiger partial charge in [-0.15, -0.1) is 0 Å². The largest absolute Gasteiger partial charge is 0.484 e. The molecule has 0 saturated carbocycles. The number of hydrogen-bond donors (Lipinski definition) is 3. The second-order valence-electron chi connectivity index (χ2n) is 4.74. The van der Waals surface area contributed by atoms with E-state index in [-0.39, 0.29) is 17.5 Å². The lowest BCUT2D eigenvalue weighted by molar-refractivity contribution is -0.123. The van der Waals surface area contributed by atoms with E-state index in [0.717, 1.165) is 11.3 Å². The zero-order chi connectivity index (χ0) is 16.7. The summed E-state index contributed by atoms with van der Waals surface area (Å²) in [5, 5.41) is 3.16. The number of aryl methyl sites for hydroxylation is 1. The van der Waals surface area contributed by atoms with E-state index in [9.17, 15) is 9.18 Å². The standard InChI is InChI=1S/C16H16FN3O2S/c1-11-5-7-13(8-6-11)18-16(23)20-19-15(21)10-22-14-4-2-3-12(17)9-14/h2-9H,10H2,1H3,(H,19,21)(H2,18,20,23). The Bertz CT molecular complexity index is 692. The number of carbonyl (C=O) groups excluding carboxylic acids is 1. The summed E-state index contributed by atoms with van der Waals surface area (Å²) in [6.07, 6.45) is 0. The number of hydrogen-bond acceptors (Lipinski definition) is 3. The molecule has 2 aromatic carbocycles. The predicted molar refractivity (Wildman–Crippen MR) is 90.6 cm³/mol. The SMILES string of the molecule is Cc1ccc(NC(=S)NNC(=O)COc2cccc(F)c2)cc1. The van der Waals surface area contributed by atoms with Crippen LogP contribution in [0.4, 0.5) is 10.1 Å². The van der Waals surface area contributed by atoms with Crippen molar-refractivity contribution in [2.45, 2.75) is 6.92 Å². The summed E-state index contributed by atoms with van der Waals surface area (Å²) in [6, 6.07) is 13.2. The lowest BCUT2D eigenvalue weighted by Crippen LogP contribution is -2.45. The van der Waals surface area contributed by atoms with E-state index in [0.29, 0.717) is 0 Å². The first-order valence-electron chi connectivity index (χ1n) is 6.84. The van der Waals surface area contributed by atoms with E-state index in [1.807, 2.05) is 31.2 Å². The van der Waals surface area contributed by atoms with Crippen molar-refractivity contribution < 1.29 is 13.9 Å². The third kappa shape index (κ3) is 5.91. The highest BCUT2D eigenvalue weighted by atomic mass is 32.1. The fraction of sp³-hybridized carbons (Fsp3) is 0.125. The Kier molecular flexibility index (Phi) is 5.87. The maximum Gasteiger partial charge on any atom is 0.276 e. The molecular weight excluding hydrogens is 317 g/mol. The molecule has 0 aliphatic carbocycles. The van der Waals surface area contributed by atoms with Gasteiger partial charge >= 0.3 is 0 Å². The molecule has 23 heavy (non-hydrogen) atoms. The Labute approximate surface area is 138 Å². The zero-order valence-electron chi connectivity index (χ0n) is 12.4. The van der Waals surface area contributed by atoms with E-state index in [2.05, 4.69) is 16.2 Å². The first-order chi connectivity index (χ1) is 11.0. The number of ether oxygens (including phenoxy) is 1. The molecule has 0 unspecified atom stereocenters. The highest BCUT2D eigenvalue weighted by molar-refractivity contribution is 7.80. The van der Waals surface area contributed by atoms with Crippen molar-refractivity contribution >= 4 is 28.9 Å². The molecule has 0 aliphatic heterocycles. The van der Waals surface area contributed by atoms with Crippen LogP contribution in [0.25, 0.3) is 0 Å². The molecule has 120 valence electrons. The number of nitrogens with one attached hydrogen (secondary N) is 3. The van der Waals surface area contributed by atoms with Crippen molar-refractivity contribution in [1.82, 2.24) is 10.9 Å². The molecule has 7 heteroatoms.